The summed E-state index contributed by atoms with van der Waals surface area (Å²) in [4.78, 5) is 13.6. The van der Waals surface area contributed by atoms with Gasteiger partial charge in [0.25, 0.3) is 0 Å². The van der Waals surface area contributed by atoms with Crippen molar-refractivity contribution in [3.63, 3.8) is 0 Å². The van der Waals surface area contributed by atoms with Crippen LogP contribution in [0.4, 0.5) is 0 Å². The Labute approximate surface area is 107 Å². The third-order valence-electron chi connectivity index (χ3n) is 3.39. The number of nitrogens with zero attached hydrogens (tertiary/aromatic N) is 2. The van der Waals surface area contributed by atoms with Crippen LogP contribution in [0, 0.1) is 11.3 Å². The molecule has 1 saturated heterocycles. The summed E-state index contributed by atoms with van der Waals surface area (Å²) in [6.45, 7) is 2.82. The van der Waals surface area contributed by atoms with Gasteiger partial charge in [-0.3, -0.25) is 10.1 Å². The zero-order valence-electron chi connectivity index (χ0n) is 10.7. The van der Waals surface area contributed by atoms with Crippen LogP contribution < -0.4 is 5.32 Å². The molecule has 1 fully saturated rings. The first-order chi connectivity index (χ1) is 8.61. The maximum atomic E-state index is 11.8. The quantitative estimate of drug-likeness (QED) is 0.874. The van der Waals surface area contributed by atoms with Gasteiger partial charge >= 0.3 is 0 Å². The van der Waals surface area contributed by atoms with Gasteiger partial charge in [0.1, 0.15) is 0 Å². The summed E-state index contributed by atoms with van der Waals surface area (Å²) < 4.78 is 0. The number of amides is 1. The third kappa shape index (κ3) is 2.52. The van der Waals surface area contributed by atoms with Crippen LogP contribution in [0.1, 0.15) is 30.5 Å². The topological polar surface area (TPSA) is 56.1 Å². The van der Waals surface area contributed by atoms with Crippen molar-refractivity contribution in [2.24, 2.45) is 0 Å². The zero-order chi connectivity index (χ0) is 13.1. The van der Waals surface area contributed by atoms with Crippen LogP contribution in [0.2, 0.25) is 0 Å². The van der Waals surface area contributed by atoms with Gasteiger partial charge in [0, 0.05) is 19.6 Å². The highest BCUT2D eigenvalue weighted by molar-refractivity contribution is 5.83. The van der Waals surface area contributed by atoms with E-state index in [4.69, 9.17) is 5.26 Å². The van der Waals surface area contributed by atoms with Gasteiger partial charge in [-0.05, 0) is 31.0 Å². The molecule has 4 nitrogen and oxygen atoms in total. The smallest absolute Gasteiger partial charge is 0.239 e. The summed E-state index contributed by atoms with van der Waals surface area (Å²) >= 11 is 0. The van der Waals surface area contributed by atoms with E-state index in [-0.39, 0.29) is 18.0 Å². The molecular weight excluding hydrogens is 226 g/mol. The summed E-state index contributed by atoms with van der Waals surface area (Å²) in [6.07, 6.45) is 0.845. The molecule has 1 amide bonds. The number of nitriles is 1. The number of carbonyl (C=O) groups is 1. The zero-order valence-corrected chi connectivity index (χ0v) is 10.7. The van der Waals surface area contributed by atoms with Crippen LogP contribution in [-0.4, -0.2) is 30.4 Å². The second kappa shape index (κ2) is 5.19. The molecule has 0 aliphatic carbocycles. The first kappa shape index (κ1) is 12.6. The first-order valence-electron chi connectivity index (χ1n) is 6.13. The molecule has 18 heavy (non-hydrogen) atoms. The molecule has 2 unspecified atom stereocenters. The Balaban J connectivity index is 2.06. The number of rotatable bonds is 3. The largest absolute Gasteiger partial charge is 0.344 e. The van der Waals surface area contributed by atoms with Crippen molar-refractivity contribution < 1.29 is 4.79 Å². The van der Waals surface area contributed by atoms with Crippen LogP contribution in [0.15, 0.2) is 24.3 Å². The molecule has 1 aromatic carbocycles. The Hall–Kier alpha value is -1.86. The summed E-state index contributed by atoms with van der Waals surface area (Å²) in [6, 6.07) is 9.58. The maximum Gasteiger partial charge on any atom is 0.239 e. The lowest BCUT2D eigenvalue weighted by molar-refractivity contribution is -0.128. The minimum Gasteiger partial charge on any atom is -0.344 e. The standard InChI is InChI=1S/C14H17N3O/c1-10(12-5-3-4-11(8-12)9-15)16-13-6-7-17(2)14(13)18/h3-5,8,10,13,16H,6-7H2,1-2H3. The van der Waals surface area contributed by atoms with Gasteiger partial charge in [0.15, 0.2) is 0 Å². The van der Waals surface area contributed by atoms with Crippen molar-refractivity contribution in [1.82, 2.24) is 10.2 Å². The summed E-state index contributed by atoms with van der Waals surface area (Å²) in [5.74, 6) is 0.151. The van der Waals surface area contributed by atoms with E-state index in [9.17, 15) is 4.79 Å². The molecule has 2 atom stereocenters. The molecule has 0 bridgehead atoms. The lowest BCUT2D eigenvalue weighted by Gasteiger charge is -2.19. The monoisotopic (exact) mass is 243 g/mol. The van der Waals surface area contributed by atoms with E-state index in [1.807, 2.05) is 32.2 Å². The Morgan fingerprint density at radius 1 is 1.56 bits per heavy atom. The molecule has 0 aromatic heterocycles. The second-order valence-corrected chi connectivity index (χ2v) is 4.73. The predicted octanol–water partition coefficient (Wildman–Crippen LogP) is 1.44. The van der Waals surface area contributed by atoms with E-state index in [1.165, 1.54) is 0 Å². The average Bonchev–Trinajstić information content (AvgIpc) is 2.71. The van der Waals surface area contributed by atoms with Crippen LogP contribution >= 0.6 is 0 Å². The SMILES string of the molecule is CC(NC1CCN(C)C1=O)c1cccc(C#N)c1. The van der Waals surface area contributed by atoms with Gasteiger partial charge in [0.2, 0.25) is 5.91 Å². The molecule has 1 aliphatic rings. The third-order valence-corrected chi connectivity index (χ3v) is 3.39. The molecule has 1 N–H and O–H groups in total. The fraction of sp³-hybridized carbons (Fsp3) is 0.429. The van der Waals surface area contributed by atoms with E-state index < -0.39 is 0 Å². The average molecular weight is 243 g/mol. The molecule has 94 valence electrons. The molecule has 2 rings (SSSR count). The maximum absolute atomic E-state index is 11.8. The molecule has 4 heteroatoms. The van der Waals surface area contributed by atoms with Crippen molar-refractivity contribution in [2.45, 2.75) is 25.4 Å². The first-order valence-corrected chi connectivity index (χ1v) is 6.13. The van der Waals surface area contributed by atoms with Crippen molar-refractivity contribution in [1.29, 1.82) is 5.26 Å². The highest BCUT2D eigenvalue weighted by atomic mass is 16.2. The number of likely N-dealkylation sites (N-methyl/N-ethyl adjacent to an activating group) is 1. The highest BCUT2D eigenvalue weighted by Gasteiger charge is 2.29. The molecule has 0 radical (unpaired) electrons. The molecule has 1 aliphatic heterocycles. The summed E-state index contributed by atoms with van der Waals surface area (Å²) in [7, 11) is 1.82. The van der Waals surface area contributed by atoms with Crippen LogP contribution in [0.25, 0.3) is 0 Å². The fourth-order valence-corrected chi connectivity index (χ4v) is 2.25. The molecule has 1 aromatic rings. The van der Waals surface area contributed by atoms with Crippen molar-refractivity contribution >= 4 is 5.91 Å². The van der Waals surface area contributed by atoms with Gasteiger partial charge < -0.3 is 4.90 Å². The Kier molecular flexibility index (Phi) is 3.63. The Morgan fingerprint density at radius 2 is 2.33 bits per heavy atom. The fourth-order valence-electron chi connectivity index (χ4n) is 2.25. The van der Waals surface area contributed by atoms with Gasteiger partial charge in [0.05, 0.1) is 17.7 Å². The number of hydrogen-bond acceptors (Lipinski definition) is 3. The van der Waals surface area contributed by atoms with Crippen LogP contribution in [-0.2, 0) is 4.79 Å². The van der Waals surface area contributed by atoms with Gasteiger partial charge in [-0.1, -0.05) is 12.1 Å². The molecule has 1 heterocycles. The highest BCUT2D eigenvalue weighted by Crippen LogP contribution is 2.17. The van der Waals surface area contributed by atoms with E-state index in [1.54, 1.807) is 11.0 Å². The summed E-state index contributed by atoms with van der Waals surface area (Å²) in [5, 5.41) is 12.2. The molecule has 0 saturated carbocycles. The van der Waals surface area contributed by atoms with Crippen molar-refractivity contribution in [3.8, 4) is 6.07 Å². The van der Waals surface area contributed by atoms with Crippen LogP contribution in [0.3, 0.4) is 0 Å². The van der Waals surface area contributed by atoms with E-state index >= 15 is 0 Å². The number of likely N-dealkylation sites (tertiary alicyclic amines) is 1. The van der Waals surface area contributed by atoms with E-state index in [2.05, 4.69) is 11.4 Å². The van der Waals surface area contributed by atoms with Crippen molar-refractivity contribution in [3.05, 3.63) is 35.4 Å². The van der Waals surface area contributed by atoms with E-state index in [0.717, 1.165) is 18.5 Å². The Morgan fingerprint density at radius 3 is 2.94 bits per heavy atom. The lowest BCUT2D eigenvalue weighted by Crippen LogP contribution is -2.38. The normalized spacial score (nSPS) is 20.8. The van der Waals surface area contributed by atoms with Gasteiger partial charge in [-0.25, -0.2) is 0 Å². The number of carbonyl (C=O) groups excluding carboxylic acids is 1. The number of nitrogens with one attached hydrogen (secondary N) is 1. The van der Waals surface area contributed by atoms with E-state index in [0.29, 0.717) is 5.56 Å². The minimum absolute atomic E-state index is 0.0683. The molecule has 0 spiro atoms. The minimum atomic E-state index is -0.101. The lowest BCUT2D eigenvalue weighted by atomic mass is 10.0. The van der Waals surface area contributed by atoms with Gasteiger partial charge in [-0.15, -0.1) is 0 Å². The summed E-state index contributed by atoms with van der Waals surface area (Å²) in [5.41, 5.74) is 1.69. The van der Waals surface area contributed by atoms with Crippen molar-refractivity contribution in [2.75, 3.05) is 13.6 Å². The molecular formula is C14H17N3O. The van der Waals surface area contributed by atoms with Crippen LogP contribution in [0.5, 0.6) is 0 Å². The number of hydrogen-bond donors (Lipinski definition) is 1. The Bertz CT molecular complexity index is 492. The predicted molar refractivity (Wildman–Crippen MR) is 68.7 cm³/mol. The second-order valence-electron chi connectivity index (χ2n) is 4.73. The van der Waals surface area contributed by atoms with Gasteiger partial charge in [-0.2, -0.15) is 5.26 Å². The number of benzene rings is 1.